The van der Waals surface area contributed by atoms with E-state index in [-0.39, 0.29) is 0 Å². The van der Waals surface area contributed by atoms with Gasteiger partial charge in [0.2, 0.25) is 0 Å². The Kier molecular flexibility index (Phi) is 5.82. The van der Waals surface area contributed by atoms with Crippen molar-refractivity contribution in [2.24, 2.45) is 0 Å². The summed E-state index contributed by atoms with van der Waals surface area (Å²) in [5.74, 6) is 0. The number of hydrogen-bond donors (Lipinski definition) is 1. The minimum Gasteiger partial charge on any atom is -0.317 e. The molecule has 0 heterocycles. The van der Waals surface area contributed by atoms with E-state index in [1.54, 1.807) is 0 Å². The summed E-state index contributed by atoms with van der Waals surface area (Å²) >= 11 is 0. The Bertz CT molecular complexity index is 483. The van der Waals surface area contributed by atoms with E-state index >= 15 is 0 Å². The Morgan fingerprint density at radius 2 is 1.55 bits per heavy atom. The molecule has 1 nitrogen and oxygen atoms in total. The normalized spacial score (nSPS) is 12.3. The summed E-state index contributed by atoms with van der Waals surface area (Å²) < 4.78 is 0. The maximum absolute atomic E-state index is 3.37. The summed E-state index contributed by atoms with van der Waals surface area (Å²) in [5, 5.41) is 3.37. The fourth-order valence-corrected chi connectivity index (χ4v) is 2.60. The monoisotopic (exact) mass is 267 g/mol. The molecule has 2 rings (SSSR count). The molecule has 2 aromatic rings. The average Bonchev–Trinajstić information content (AvgIpc) is 2.53. The first-order chi connectivity index (χ1) is 9.83. The molecule has 0 aliphatic heterocycles. The van der Waals surface area contributed by atoms with Crippen molar-refractivity contribution in [2.75, 3.05) is 7.05 Å². The number of hydrogen-bond acceptors (Lipinski definition) is 1. The van der Waals surface area contributed by atoms with E-state index in [1.807, 2.05) is 0 Å². The molecule has 0 aromatic heterocycles. The van der Waals surface area contributed by atoms with Gasteiger partial charge in [-0.15, -0.1) is 0 Å². The Balaban J connectivity index is 1.89. The Morgan fingerprint density at radius 1 is 0.900 bits per heavy atom. The molecule has 1 N–H and O–H groups in total. The van der Waals surface area contributed by atoms with Crippen molar-refractivity contribution < 1.29 is 0 Å². The van der Waals surface area contributed by atoms with Gasteiger partial charge in [0.1, 0.15) is 0 Å². The zero-order valence-corrected chi connectivity index (χ0v) is 12.6. The van der Waals surface area contributed by atoms with Crippen LogP contribution in [0.15, 0.2) is 54.6 Å². The molecule has 0 bridgehead atoms. The molecular weight excluding hydrogens is 242 g/mol. The van der Waals surface area contributed by atoms with Crippen LogP contribution < -0.4 is 5.32 Å². The van der Waals surface area contributed by atoms with Crippen LogP contribution in [0.4, 0.5) is 0 Å². The van der Waals surface area contributed by atoms with E-state index in [9.17, 15) is 0 Å². The number of rotatable bonds is 7. The third-order valence-corrected chi connectivity index (χ3v) is 3.98. The van der Waals surface area contributed by atoms with Gasteiger partial charge in [0.25, 0.3) is 0 Å². The SMILES string of the molecule is CCC(CCCc1ccc(-c2ccccc2)cc1)NC. The minimum atomic E-state index is 0.665. The standard InChI is InChI=1S/C19H25N/c1-3-19(20-2)11-7-8-16-12-14-18(15-13-16)17-9-5-4-6-10-17/h4-6,9-10,12-15,19-20H,3,7-8,11H2,1-2H3. The lowest BCUT2D eigenvalue weighted by atomic mass is 10.00. The third kappa shape index (κ3) is 4.21. The minimum absolute atomic E-state index is 0.665. The van der Waals surface area contributed by atoms with Crippen LogP contribution in [0.3, 0.4) is 0 Å². The third-order valence-electron chi connectivity index (χ3n) is 3.98. The molecular formula is C19H25N. The molecule has 0 fully saturated rings. The van der Waals surface area contributed by atoms with Gasteiger partial charge in [-0.1, -0.05) is 61.5 Å². The fourth-order valence-electron chi connectivity index (χ4n) is 2.60. The Labute approximate surface area is 123 Å². The molecule has 20 heavy (non-hydrogen) atoms. The predicted molar refractivity (Wildman–Crippen MR) is 88.0 cm³/mol. The first-order valence-corrected chi connectivity index (χ1v) is 7.65. The van der Waals surface area contributed by atoms with Crippen LogP contribution in [0.5, 0.6) is 0 Å². The summed E-state index contributed by atoms with van der Waals surface area (Å²) in [6, 6.07) is 20.2. The molecule has 0 saturated carbocycles. The topological polar surface area (TPSA) is 12.0 Å². The predicted octanol–water partition coefficient (Wildman–Crippen LogP) is 4.67. The first-order valence-electron chi connectivity index (χ1n) is 7.65. The van der Waals surface area contributed by atoms with E-state index in [2.05, 4.69) is 73.9 Å². The lowest BCUT2D eigenvalue weighted by Gasteiger charge is -2.13. The maximum atomic E-state index is 3.37. The van der Waals surface area contributed by atoms with Crippen molar-refractivity contribution in [3.05, 3.63) is 60.2 Å². The van der Waals surface area contributed by atoms with Gasteiger partial charge >= 0.3 is 0 Å². The van der Waals surface area contributed by atoms with Gasteiger partial charge in [-0.25, -0.2) is 0 Å². The highest BCUT2D eigenvalue weighted by molar-refractivity contribution is 5.63. The lowest BCUT2D eigenvalue weighted by Crippen LogP contribution is -2.23. The molecule has 1 atom stereocenters. The van der Waals surface area contributed by atoms with Gasteiger partial charge in [-0.2, -0.15) is 0 Å². The zero-order valence-electron chi connectivity index (χ0n) is 12.6. The van der Waals surface area contributed by atoms with E-state index < -0.39 is 0 Å². The largest absolute Gasteiger partial charge is 0.317 e. The molecule has 2 aromatic carbocycles. The second-order valence-corrected chi connectivity index (χ2v) is 5.35. The van der Waals surface area contributed by atoms with E-state index in [0.29, 0.717) is 6.04 Å². The van der Waals surface area contributed by atoms with Crippen molar-refractivity contribution in [1.82, 2.24) is 5.32 Å². The van der Waals surface area contributed by atoms with Crippen LogP contribution in [0.1, 0.15) is 31.7 Å². The lowest BCUT2D eigenvalue weighted by molar-refractivity contribution is 0.492. The highest BCUT2D eigenvalue weighted by Crippen LogP contribution is 2.20. The second kappa shape index (κ2) is 7.86. The van der Waals surface area contributed by atoms with Crippen LogP contribution in [-0.2, 0) is 6.42 Å². The molecule has 1 heteroatoms. The second-order valence-electron chi connectivity index (χ2n) is 5.35. The molecule has 106 valence electrons. The summed E-state index contributed by atoms with van der Waals surface area (Å²) in [5.41, 5.74) is 4.03. The van der Waals surface area contributed by atoms with Crippen molar-refractivity contribution in [3.8, 4) is 11.1 Å². The summed E-state index contributed by atoms with van der Waals surface area (Å²) in [6.07, 6.45) is 4.90. The Morgan fingerprint density at radius 3 is 2.15 bits per heavy atom. The van der Waals surface area contributed by atoms with E-state index in [1.165, 1.54) is 42.4 Å². The summed E-state index contributed by atoms with van der Waals surface area (Å²) in [4.78, 5) is 0. The number of aryl methyl sites for hydroxylation is 1. The molecule has 0 spiro atoms. The van der Waals surface area contributed by atoms with Gasteiger partial charge in [0.15, 0.2) is 0 Å². The molecule has 0 saturated heterocycles. The highest BCUT2D eigenvalue weighted by atomic mass is 14.9. The van der Waals surface area contributed by atoms with Crippen LogP contribution in [0, 0.1) is 0 Å². The van der Waals surface area contributed by atoms with E-state index in [4.69, 9.17) is 0 Å². The number of benzene rings is 2. The van der Waals surface area contributed by atoms with Gasteiger partial charge < -0.3 is 5.32 Å². The van der Waals surface area contributed by atoms with Gasteiger partial charge in [0, 0.05) is 6.04 Å². The smallest absolute Gasteiger partial charge is 0.00615 e. The quantitative estimate of drug-likeness (QED) is 0.768. The summed E-state index contributed by atoms with van der Waals surface area (Å²) in [6.45, 7) is 2.25. The van der Waals surface area contributed by atoms with Crippen LogP contribution in [0.25, 0.3) is 11.1 Å². The molecule has 0 radical (unpaired) electrons. The average molecular weight is 267 g/mol. The zero-order chi connectivity index (χ0) is 14.2. The Hall–Kier alpha value is -1.60. The van der Waals surface area contributed by atoms with Gasteiger partial charge in [-0.3, -0.25) is 0 Å². The summed E-state index contributed by atoms with van der Waals surface area (Å²) in [7, 11) is 2.06. The first kappa shape index (κ1) is 14.8. The van der Waals surface area contributed by atoms with Crippen molar-refractivity contribution in [3.63, 3.8) is 0 Å². The van der Waals surface area contributed by atoms with E-state index in [0.717, 1.165) is 0 Å². The van der Waals surface area contributed by atoms with Crippen molar-refractivity contribution in [1.29, 1.82) is 0 Å². The molecule has 1 unspecified atom stereocenters. The van der Waals surface area contributed by atoms with Crippen LogP contribution in [0.2, 0.25) is 0 Å². The van der Waals surface area contributed by atoms with Crippen LogP contribution in [-0.4, -0.2) is 13.1 Å². The maximum Gasteiger partial charge on any atom is 0.00615 e. The highest BCUT2D eigenvalue weighted by Gasteiger charge is 2.03. The van der Waals surface area contributed by atoms with Crippen LogP contribution >= 0.6 is 0 Å². The molecule has 0 aliphatic rings. The molecule has 0 amide bonds. The van der Waals surface area contributed by atoms with Gasteiger partial charge in [-0.05, 0) is 49.4 Å². The van der Waals surface area contributed by atoms with Crippen molar-refractivity contribution >= 4 is 0 Å². The fraction of sp³-hybridized carbons (Fsp3) is 0.368. The van der Waals surface area contributed by atoms with Crippen molar-refractivity contribution in [2.45, 2.75) is 38.6 Å². The van der Waals surface area contributed by atoms with Gasteiger partial charge in [0.05, 0.1) is 0 Å². The number of nitrogens with one attached hydrogen (secondary N) is 1. The molecule has 0 aliphatic carbocycles.